The first-order chi connectivity index (χ1) is 17.2. The zero-order valence-corrected chi connectivity index (χ0v) is 20.0. The smallest absolute Gasteiger partial charge is 0.339 e. The first-order valence-electron chi connectivity index (χ1n) is 11.5. The van der Waals surface area contributed by atoms with Crippen LogP contribution in [0.1, 0.15) is 30.9 Å². The van der Waals surface area contributed by atoms with Gasteiger partial charge in [-0.1, -0.05) is 30.7 Å². The van der Waals surface area contributed by atoms with Crippen LogP contribution in [0.2, 0.25) is 5.02 Å². The SMILES string of the molecule is CCC(=O)N1CC=C(c2ccc(-n3c(=O)ccc4cnc5ccc(Cl)cc5c43)cc2C(F)(F)F)CC1. The van der Waals surface area contributed by atoms with E-state index in [9.17, 15) is 22.8 Å². The number of fused-ring (bicyclic) bond motifs is 3. The number of aromatic nitrogens is 2. The number of hydrogen-bond donors (Lipinski definition) is 0. The summed E-state index contributed by atoms with van der Waals surface area (Å²) in [4.78, 5) is 31.0. The van der Waals surface area contributed by atoms with Gasteiger partial charge >= 0.3 is 6.18 Å². The molecule has 0 aliphatic carbocycles. The van der Waals surface area contributed by atoms with Crippen molar-refractivity contribution in [2.24, 2.45) is 0 Å². The topological polar surface area (TPSA) is 55.2 Å². The van der Waals surface area contributed by atoms with Crippen molar-refractivity contribution in [3.8, 4) is 5.69 Å². The molecule has 184 valence electrons. The predicted molar refractivity (Wildman–Crippen MR) is 134 cm³/mol. The van der Waals surface area contributed by atoms with E-state index in [0.717, 1.165) is 6.07 Å². The van der Waals surface area contributed by atoms with Gasteiger partial charge in [-0.15, -0.1) is 0 Å². The van der Waals surface area contributed by atoms with Crippen LogP contribution in [0.3, 0.4) is 0 Å². The maximum absolute atomic E-state index is 14.3. The van der Waals surface area contributed by atoms with Crippen molar-refractivity contribution in [3.63, 3.8) is 0 Å². The van der Waals surface area contributed by atoms with Crippen LogP contribution in [-0.4, -0.2) is 33.4 Å². The zero-order chi connectivity index (χ0) is 25.6. The number of benzene rings is 2. The molecule has 3 heterocycles. The summed E-state index contributed by atoms with van der Waals surface area (Å²) in [6, 6.07) is 11.9. The van der Waals surface area contributed by atoms with Crippen LogP contribution < -0.4 is 5.56 Å². The van der Waals surface area contributed by atoms with E-state index >= 15 is 0 Å². The zero-order valence-electron chi connectivity index (χ0n) is 19.3. The van der Waals surface area contributed by atoms with Crippen LogP contribution in [0.5, 0.6) is 0 Å². The van der Waals surface area contributed by atoms with E-state index in [1.54, 1.807) is 48.4 Å². The van der Waals surface area contributed by atoms with Crippen LogP contribution in [0.4, 0.5) is 13.2 Å². The first-order valence-corrected chi connectivity index (χ1v) is 11.8. The Labute approximate surface area is 209 Å². The Morgan fingerprint density at radius 1 is 1.11 bits per heavy atom. The summed E-state index contributed by atoms with van der Waals surface area (Å²) in [5.74, 6) is -0.0335. The number of amides is 1. The minimum Gasteiger partial charge on any atom is -0.339 e. The molecule has 0 bridgehead atoms. The molecule has 0 fully saturated rings. The molecule has 0 saturated carbocycles. The normalized spacial score (nSPS) is 14.4. The second kappa shape index (κ2) is 9.09. The van der Waals surface area contributed by atoms with Gasteiger partial charge in [0.25, 0.3) is 5.56 Å². The fourth-order valence-corrected chi connectivity index (χ4v) is 4.86. The lowest BCUT2D eigenvalue weighted by Gasteiger charge is -2.27. The Bertz CT molecular complexity index is 1610. The predicted octanol–water partition coefficient (Wildman–Crippen LogP) is 6.24. The molecule has 2 aromatic heterocycles. The Morgan fingerprint density at radius 2 is 1.92 bits per heavy atom. The monoisotopic (exact) mass is 511 g/mol. The largest absolute Gasteiger partial charge is 0.417 e. The molecule has 36 heavy (non-hydrogen) atoms. The lowest BCUT2D eigenvalue weighted by Crippen LogP contribution is -2.34. The quantitative estimate of drug-likeness (QED) is 0.306. The van der Waals surface area contributed by atoms with Crippen LogP contribution in [0.15, 0.2) is 65.6 Å². The van der Waals surface area contributed by atoms with E-state index in [4.69, 9.17) is 11.6 Å². The second-order valence-electron chi connectivity index (χ2n) is 8.63. The average Bonchev–Trinajstić information content (AvgIpc) is 2.87. The van der Waals surface area contributed by atoms with Gasteiger partial charge in [0.1, 0.15) is 0 Å². The summed E-state index contributed by atoms with van der Waals surface area (Å²) in [5, 5.41) is 1.58. The van der Waals surface area contributed by atoms with Gasteiger partial charge in [0, 0.05) is 53.3 Å². The van der Waals surface area contributed by atoms with Gasteiger partial charge in [0.15, 0.2) is 0 Å². The third-order valence-corrected chi connectivity index (χ3v) is 6.69. The molecule has 0 spiro atoms. The second-order valence-corrected chi connectivity index (χ2v) is 9.07. The number of rotatable bonds is 3. The number of halogens is 4. The van der Waals surface area contributed by atoms with E-state index in [-0.39, 0.29) is 23.7 Å². The molecule has 5 rings (SSSR count). The molecule has 0 N–H and O–H groups in total. The van der Waals surface area contributed by atoms with Crippen LogP contribution in [-0.2, 0) is 11.0 Å². The van der Waals surface area contributed by atoms with E-state index in [1.807, 2.05) is 0 Å². The third-order valence-electron chi connectivity index (χ3n) is 6.46. The number of nitrogens with zero attached hydrogens (tertiary/aromatic N) is 3. The summed E-state index contributed by atoms with van der Waals surface area (Å²) in [6.45, 7) is 2.38. The maximum Gasteiger partial charge on any atom is 0.417 e. The van der Waals surface area contributed by atoms with Crippen molar-refractivity contribution in [2.75, 3.05) is 13.1 Å². The molecular formula is C27H21ClF3N3O2. The van der Waals surface area contributed by atoms with Gasteiger partial charge in [-0.2, -0.15) is 13.2 Å². The van der Waals surface area contributed by atoms with Gasteiger partial charge < -0.3 is 4.90 Å². The molecule has 0 saturated heterocycles. The Hall–Kier alpha value is -3.65. The molecule has 2 aromatic carbocycles. The highest BCUT2D eigenvalue weighted by Crippen LogP contribution is 2.38. The molecule has 1 aliphatic heterocycles. The third kappa shape index (κ3) is 4.26. The van der Waals surface area contributed by atoms with Crippen molar-refractivity contribution < 1.29 is 18.0 Å². The highest BCUT2D eigenvalue weighted by atomic mass is 35.5. The van der Waals surface area contributed by atoms with Crippen molar-refractivity contribution in [1.29, 1.82) is 0 Å². The van der Waals surface area contributed by atoms with Crippen molar-refractivity contribution in [1.82, 2.24) is 14.5 Å². The van der Waals surface area contributed by atoms with E-state index in [2.05, 4.69) is 4.98 Å². The number of alkyl halides is 3. The Morgan fingerprint density at radius 3 is 2.61 bits per heavy atom. The van der Waals surface area contributed by atoms with Crippen LogP contribution in [0, 0.1) is 0 Å². The van der Waals surface area contributed by atoms with Crippen molar-refractivity contribution in [2.45, 2.75) is 25.9 Å². The fraction of sp³-hybridized carbons (Fsp3) is 0.222. The van der Waals surface area contributed by atoms with E-state index in [0.29, 0.717) is 51.8 Å². The molecule has 0 unspecified atom stereocenters. The highest BCUT2D eigenvalue weighted by Gasteiger charge is 2.35. The van der Waals surface area contributed by atoms with Gasteiger partial charge in [0.05, 0.1) is 16.6 Å². The van der Waals surface area contributed by atoms with Gasteiger partial charge in [-0.25, -0.2) is 0 Å². The highest BCUT2D eigenvalue weighted by molar-refractivity contribution is 6.31. The van der Waals surface area contributed by atoms with Crippen molar-refractivity contribution in [3.05, 3.63) is 87.3 Å². The molecule has 4 aromatic rings. The van der Waals surface area contributed by atoms with E-state index in [1.165, 1.54) is 22.8 Å². The summed E-state index contributed by atoms with van der Waals surface area (Å²) in [5.41, 5.74) is 0.369. The fourth-order valence-electron chi connectivity index (χ4n) is 4.69. The molecule has 0 radical (unpaired) electrons. The number of pyridine rings is 2. The van der Waals surface area contributed by atoms with Gasteiger partial charge in [-0.05, 0) is 54.0 Å². The Kier molecular flexibility index (Phi) is 6.08. The molecule has 5 nitrogen and oxygen atoms in total. The molecule has 1 amide bonds. The number of carbonyl (C=O) groups excluding carboxylic acids is 1. The van der Waals surface area contributed by atoms with Gasteiger partial charge in [-0.3, -0.25) is 19.1 Å². The minimum absolute atomic E-state index is 0.0335. The standard InChI is InChI=1S/C27H21ClF3N3O2/c1-2-24(35)33-11-9-16(10-12-33)20-6-5-19(14-22(20)27(29,30)31)34-25(36)8-3-17-15-32-23-7-4-18(28)13-21(23)26(17)34/h3-9,13-15H,2,10-12H2,1H3. The van der Waals surface area contributed by atoms with E-state index < -0.39 is 17.3 Å². The molecular weight excluding hydrogens is 491 g/mol. The summed E-state index contributed by atoms with van der Waals surface area (Å²) in [6.07, 6.45) is -0.731. The molecule has 9 heteroatoms. The summed E-state index contributed by atoms with van der Waals surface area (Å²) in [7, 11) is 0. The summed E-state index contributed by atoms with van der Waals surface area (Å²) < 4.78 is 44.1. The van der Waals surface area contributed by atoms with Crippen LogP contribution in [0.25, 0.3) is 33.1 Å². The molecule has 1 aliphatic rings. The maximum atomic E-state index is 14.3. The van der Waals surface area contributed by atoms with Gasteiger partial charge in [0.2, 0.25) is 5.91 Å². The van der Waals surface area contributed by atoms with Crippen molar-refractivity contribution >= 4 is 44.9 Å². The molecule has 0 atom stereocenters. The first kappa shape index (κ1) is 24.1. The van der Waals surface area contributed by atoms with Crippen LogP contribution >= 0.6 is 11.6 Å². The number of carbonyl (C=O) groups is 1. The average molecular weight is 512 g/mol. The number of hydrogen-bond acceptors (Lipinski definition) is 3. The summed E-state index contributed by atoms with van der Waals surface area (Å²) >= 11 is 6.19. The lowest BCUT2D eigenvalue weighted by molar-refractivity contribution is -0.138. The lowest BCUT2D eigenvalue weighted by atomic mass is 9.93. The minimum atomic E-state index is -4.65. The Balaban J connectivity index is 1.70.